The molecule has 1 aromatic heterocycles. The summed E-state index contributed by atoms with van der Waals surface area (Å²) in [6.45, 7) is 8.84. The number of halogens is 1. The van der Waals surface area contributed by atoms with Gasteiger partial charge in [0.1, 0.15) is 0 Å². The van der Waals surface area contributed by atoms with Gasteiger partial charge in [-0.05, 0) is 55.0 Å². The summed E-state index contributed by atoms with van der Waals surface area (Å²) in [5.41, 5.74) is 5.70. The minimum Gasteiger partial charge on any atom is -0.144 e. The topological polar surface area (TPSA) is 0 Å². The zero-order valence-electron chi connectivity index (χ0n) is 12.1. The van der Waals surface area contributed by atoms with Gasteiger partial charge in [0.05, 0.1) is 4.83 Å². The molecule has 1 heterocycles. The van der Waals surface area contributed by atoms with Crippen molar-refractivity contribution in [3.63, 3.8) is 0 Å². The normalized spacial score (nSPS) is 12.7. The van der Waals surface area contributed by atoms with Gasteiger partial charge in [0.15, 0.2) is 0 Å². The van der Waals surface area contributed by atoms with Crippen LogP contribution in [0.3, 0.4) is 0 Å². The summed E-state index contributed by atoms with van der Waals surface area (Å²) in [6, 6.07) is 9.23. The molecule has 1 aromatic carbocycles. The fourth-order valence-electron chi connectivity index (χ4n) is 2.30. The van der Waals surface area contributed by atoms with Crippen LogP contribution in [0.25, 0.3) is 0 Å². The molecule has 19 heavy (non-hydrogen) atoms. The van der Waals surface area contributed by atoms with Crippen molar-refractivity contribution in [1.82, 2.24) is 0 Å². The Bertz CT molecular complexity index is 549. The molecule has 0 aliphatic carbocycles. The minimum absolute atomic E-state index is 0.325. The van der Waals surface area contributed by atoms with Crippen LogP contribution in [0.5, 0.6) is 0 Å². The van der Waals surface area contributed by atoms with Crippen molar-refractivity contribution in [2.24, 2.45) is 0 Å². The Morgan fingerprint density at radius 2 is 1.84 bits per heavy atom. The predicted octanol–water partition coefficient (Wildman–Crippen LogP) is 5.97. The molecule has 0 spiro atoms. The largest absolute Gasteiger partial charge is 0.144 e. The maximum Gasteiger partial charge on any atom is 0.0740 e. The quantitative estimate of drug-likeness (QED) is 0.603. The third-order valence-corrected chi connectivity index (χ3v) is 6.21. The third kappa shape index (κ3) is 3.11. The van der Waals surface area contributed by atoms with Crippen LogP contribution in [0.4, 0.5) is 0 Å². The van der Waals surface area contributed by atoms with Gasteiger partial charge >= 0.3 is 0 Å². The van der Waals surface area contributed by atoms with E-state index in [1.165, 1.54) is 32.0 Å². The molecule has 0 aliphatic rings. The Labute approximate surface area is 129 Å². The highest BCUT2D eigenvalue weighted by Crippen LogP contribution is 2.38. The van der Waals surface area contributed by atoms with E-state index in [-0.39, 0.29) is 0 Å². The first-order chi connectivity index (χ1) is 9.06. The number of hydrogen-bond donors (Lipinski definition) is 0. The average molecular weight is 337 g/mol. The molecule has 0 radical (unpaired) electrons. The minimum atomic E-state index is 0.325. The Morgan fingerprint density at radius 1 is 1.11 bits per heavy atom. The van der Waals surface area contributed by atoms with E-state index in [1.807, 2.05) is 11.3 Å². The molecule has 0 saturated heterocycles. The van der Waals surface area contributed by atoms with Crippen molar-refractivity contribution in [1.29, 1.82) is 0 Å². The summed E-state index contributed by atoms with van der Waals surface area (Å²) >= 11 is 5.81. The predicted molar refractivity (Wildman–Crippen MR) is 89.8 cm³/mol. The fraction of sp³-hybridized carbons (Fsp3) is 0.412. The highest BCUT2D eigenvalue weighted by molar-refractivity contribution is 9.09. The van der Waals surface area contributed by atoms with E-state index in [9.17, 15) is 0 Å². The van der Waals surface area contributed by atoms with Crippen molar-refractivity contribution < 1.29 is 0 Å². The van der Waals surface area contributed by atoms with E-state index in [1.54, 1.807) is 0 Å². The van der Waals surface area contributed by atoms with Crippen LogP contribution in [-0.2, 0) is 12.8 Å². The molecule has 0 bridgehead atoms. The molecule has 2 rings (SSSR count). The molecule has 0 N–H and O–H groups in total. The van der Waals surface area contributed by atoms with E-state index in [2.05, 4.69) is 67.9 Å². The third-order valence-electron chi connectivity index (χ3n) is 3.71. The SMILES string of the molecule is CCc1ccc(CC)c(C(Br)c2cc(C)c(C)s2)c1. The number of hydrogen-bond acceptors (Lipinski definition) is 1. The van der Waals surface area contributed by atoms with Crippen molar-refractivity contribution in [3.8, 4) is 0 Å². The maximum absolute atomic E-state index is 3.91. The lowest BCUT2D eigenvalue weighted by atomic mass is 9.98. The lowest BCUT2D eigenvalue weighted by molar-refractivity contribution is 1.04. The van der Waals surface area contributed by atoms with Gasteiger partial charge in [-0.2, -0.15) is 0 Å². The van der Waals surface area contributed by atoms with E-state index in [0.717, 1.165) is 12.8 Å². The molecule has 1 atom stereocenters. The van der Waals surface area contributed by atoms with Gasteiger partial charge in [0, 0.05) is 9.75 Å². The summed E-state index contributed by atoms with van der Waals surface area (Å²) < 4.78 is 0. The lowest BCUT2D eigenvalue weighted by Crippen LogP contribution is -1.98. The molecular formula is C17H21BrS. The summed E-state index contributed by atoms with van der Waals surface area (Å²) in [4.78, 5) is 3.16. The highest BCUT2D eigenvalue weighted by Gasteiger charge is 2.17. The molecule has 1 unspecified atom stereocenters. The van der Waals surface area contributed by atoms with Crippen LogP contribution in [0.1, 0.15) is 50.7 Å². The van der Waals surface area contributed by atoms with E-state index in [4.69, 9.17) is 0 Å². The van der Waals surface area contributed by atoms with Crippen LogP contribution in [0.15, 0.2) is 24.3 Å². The molecule has 0 amide bonds. The Morgan fingerprint density at radius 3 is 2.37 bits per heavy atom. The van der Waals surface area contributed by atoms with Gasteiger partial charge in [0.2, 0.25) is 0 Å². The van der Waals surface area contributed by atoms with Gasteiger partial charge in [-0.1, -0.05) is 48.0 Å². The highest BCUT2D eigenvalue weighted by atomic mass is 79.9. The number of aryl methyl sites for hydroxylation is 4. The molecule has 2 aromatic rings. The number of benzene rings is 1. The Hall–Kier alpha value is -0.600. The Kier molecular flexibility index (Phi) is 4.86. The summed E-state index contributed by atoms with van der Waals surface area (Å²) in [6.07, 6.45) is 2.18. The molecule has 102 valence electrons. The number of alkyl halides is 1. The van der Waals surface area contributed by atoms with Crippen LogP contribution >= 0.6 is 27.3 Å². The first kappa shape index (κ1) is 14.8. The van der Waals surface area contributed by atoms with Crippen LogP contribution in [-0.4, -0.2) is 0 Å². The van der Waals surface area contributed by atoms with Crippen molar-refractivity contribution in [2.75, 3.05) is 0 Å². The Balaban J connectivity index is 2.44. The lowest BCUT2D eigenvalue weighted by Gasteiger charge is -2.14. The molecular weight excluding hydrogens is 316 g/mol. The second kappa shape index (κ2) is 6.23. The second-order valence-corrected chi connectivity index (χ2v) is 7.19. The van der Waals surface area contributed by atoms with E-state index >= 15 is 0 Å². The average Bonchev–Trinajstić information content (AvgIpc) is 2.77. The summed E-state index contributed by atoms with van der Waals surface area (Å²) in [5.74, 6) is 0. The van der Waals surface area contributed by atoms with Crippen LogP contribution in [0, 0.1) is 13.8 Å². The molecule has 0 aliphatic heterocycles. The van der Waals surface area contributed by atoms with Gasteiger partial charge in [0.25, 0.3) is 0 Å². The van der Waals surface area contributed by atoms with Crippen LogP contribution in [0.2, 0.25) is 0 Å². The van der Waals surface area contributed by atoms with E-state index in [0.29, 0.717) is 4.83 Å². The maximum atomic E-state index is 3.91. The van der Waals surface area contributed by atoms with Crippen molar-refractivity contribution in [3.05, 3.63) is 56.3 Å². The van der Waals surface area contributed by atoms with Crippen molar-refractivity contribution in [2.45, 2.75) is 45.4 Å². The summed E-state index contributed by atoms with van der Waals surface area (Å²) in [7, 11) is 0. The van der Waals surface area contributed by atoms with Crippen LogP contribution < -0.4 is 0 Å². The molecule has 0 saturated carbocycles. The zero-order chi connectivity index (χ0) is 14.0. The van der Waals surface area contributed by atoms with E-state index < -0.39 is 0 Å². The summed E-state index contributed by atoms with van der Waals surface area (Å²) in [5, 5.41) is 0. The number of rotatable bonds is 4. The van der Waals surface area contributed by atoms with Crippen molar-refractivity contribution >= 4 is 27.3 Å². The number of thiophene rings is 1. The monoisotopic (exact) mass is 336 g/mol. The smallest absolute Gasteiger partial charge is 0.0740 e. The molecule has 0 nitrogen and oxygen atoms in total. The zero-order valence-corrected chi connectivity index (χ0v) is 14.5. The first-order valence-electron chi connectivity index (χ1n) is 6.89. The van der Waals surface area contributed by atoms with Gasteiger partial charge in [-0.25, -0.2) is 0 Å². The van der Waals surface area contributed by atoms with Gasteiger partial charge in [-0.15, -0.1) is 11.3 Å². The van der Waals surface area contributed by atoms with Gasteiger partial charge < -0.3 is 0 Å². The molecule has 0 fully saturated rings. The first-order valence-corrected chi connectivity index (χ1v) is 8.62. The fourth-order valence-corrected chi connectivity index (χ4v) is 4.18. The second-order valence-electron chi connectivity index (χ2n) is 4.99. The van der Waals surface area contributed by atoms with Gasteiger partial charge in [-0.3, -0.25) is 0 Å². The molecule has 2 heteroatoms. The standard InChI is InChI=1S/C17H21BrS/c1-5-13-7-8-14(6-2)15(10-13)17(18)16-9-11(3)12(4)19-16/h7-10,17H,5-6H2,1-4H3.